The van der Waals surface area contributed by atoms with Crippen LogP contribution < -0.4 is 5.69 Å². The van der Waals surface area contributed by atoms with Gasteiger partial charge in [0.2, 0.25) is 0 Å². The van der Waals surface area contributed by atoms with Gasteiger partial charge in [-0.3, -0.25) is 9.36 Å². The van der Waals surface area contributed by atoms with Gasteiger partial charge in [-0.15, -0.1) is 16.4 Å². The molecule has 0 radical (unpaired) electrons. The summed E-state index contributed by atoms with van der Waals surface area (Å²) in [6.45, 7) is 6.48. The summed E-state index contributed by atoms with van der Waals surface area (Å²) in [6, 6.07) is 10.1. The van der Waals surface area contributed by atoms with Gasteiger partial charge >= 0.3 is 11.7 Å². The Bertz CT molecular complexity index is 919. The molecule has 3 rings (SSSR count). The number of benzene rings is 1. The summed E-state index contributed by atoms with van der Waals surface area (Å²) >= 11 is 1.59. The fraction of sp³-hybridized carbons (Fsp3) is 0.389. The lowest BCUT2D eigenvalue weighted by molar-refractivity contribution is -0.144. The molecule has 0 fully saturated rings. The van der Waals surface area contributed by atoms with Crippen LogP contribution >= 0.6 is 11.3 Å². The van der Waals surface area contributed by atoms with Gasteiger partial charge in [0.25, 0.3) is 0 Å². The second-order valence-corrected chi connectivity index (χ2v) is 7.31. The van der Waals surface area contributed by atoms with Crippen molar-refractivity contribution >= 4 is 27.4 Å². The van der Waals surface area contributed by atoms with Crippen LogP contribution in [0.4, 0.5) is 0 Å². The Labute approximate surface area is 149 Å². The van der Waals surface area contributed by atoms with E-state index < -0.39 is 5.97 Å². The molecule has 1 aromatic carbocycles. The first-order chi connectivity index (χ1) is 12.0. The summed E-state index contributed by atoms with van der Waals surface area (Å²) in [5.74, 6) is 0.428. The molecule has 0 spiro atoms. The largest absolute Gasteiger partial charge is 0.465 e. The van der Waals surface area contributed by atoms with Gasteiger partial charge in [0, 0.05) is 11.2 Å². The van der Waals surface area contributed by atoms with E-state index in [2.05, 4.69) is 5.10 Å². The highest BCUT2D eigenvalue weighted by molar-refractivity contribution is 7.22. The van der Waals surface area contributed by atoms with E-state index in [1.165, 1.54) is 4.68 Å². The zero-order valence-electron chi connectivity index (χ0n) is 14.6. The van der Waals surface area contributed by atoms with E-state index >= 15 is 0 Å². The molecule has 132 valence electrons. The molecule has 2 heterocycles. The highest BCUT2D eigenvalue weighted by Crippen LogP contribution is 2.32. The number of rotatable bonds is 6. The molecular formula is C18H21N3O3S. The van der Waals surface area contributed by atoms with E-state index in [9.17, 15) is 9.59 Å². The Balaban J connectivity index is 2.07. The number of aromatic nitrogens is 3. The normalized spacial score (nSPS) is 11.4. The SMILES string of the molecule is CCOC(=O)Cn1nc(-c2cc3ccccc3s2)n(CC(C)C)c1=O. The molecule has 25 heavy (non-hydrogen) atoms. The average Bonchev–Trinajstić information content (AvgIpc) is 3.11. The van der Waals surface area contributed by atoms with Crippen LogP contribution in [0.2, 0.25) is 0 Å². The molecule has 0 atom stereocenters. The fourth-order valence-electron chi connectivity index (χ4n) is 2.68. The third kappa shape index (κ3) is 3.66. The maximum Gasteiger partial charge on any atom is 0.346 e. The van der Waals surface area contributed by atoms with Gasteiger partial charge in [-0.2, -0.15) is 0 Å². The van der Waals surface area contributed by atoms with Crippen LogP contribution in [0.1, 0.15) is 20.8 Å². The third-order valence-corrected chi connectivity index (χ3v) is 4.81. The highest BCUT2D eigenvalue weighted by atomic mass is 32.1. The van der Waals surface area contributed by atoms with Gasteiger partial charge in [-0.05, 0) is 30.4 Å². The number of hydrogen-bond acceptors (Lipinski definition) is 5. The first-order valence-electron chi connectivity index (χ1n) is 8.31. The minimum absolute atomic E-state index is 0.171. The van der Waals surface area contributed by atoms with Crippen LogP contribution in [0.15, 0.2) is 35.1 Å². The van der Waals surface area contributed by atoms with Crippen molar-refractivity contribution in [2.45, 2.75) is 33.9 Å². The molecule has 0 amide bonds. The molecular weight excluding hydrogens is 338 g/mol. The van der Waals surface area contributed by atoms with Gasteiger partial charge in [-0.1, -0.05) is 32.0 Å². The second-order valence-electron chi connectivity index (χ2n) is 6.22. The van der Waals surface area contributed by atoms with Gasteiger partial charge in [0.05, 0.1) is 11.5 Å². The van der Waals surface area contributed by atoms with Crippen LogP contribution in [-0.2, 0) is 22.6 Å². The minimum atomic E-state index is -0.457. The molecule has 3 aromatic rings. The summed E-state index contributed by atoms with van der Waals surface area (Å²) in [7, 11) is 0. The Hall–Kier alpha value is -2.41. The lowest BCUT2D eigenvalue weighted by Crippen LogP contribution is -2.29. The monoisotopic (exact) mass is 359 g/mol. The topological polar surface area (TPSA) is 66.1 Å². The van der Waals surface area contributed by atoms with Crippen LogP contribution in [0.5, 0.6) is 0 Å². The minimum Gasteiger partial charge on any atom is -0.465 e. The van der Waals surface area contributed by atoms with E-state index in [0.29, 0.717) is 12.4 Å². The van der Waals surface area contributed by atoms with Crippen molar-refractivity contribution in [2.24, 2.45) is 5.92 Å². The molecule has 6 nitrogen and oxygen atoms in total. The predicted molar refractivity (Wildman–Crippen MR) is 98.8 cm³/mol. The molecule has 7 heteroatoms. The Morgan fingerprint density at radius 1 is 1.32 bits per heavy atom. The van der Waals surface area contributed by atoms with Crippen molar-refractivity contribution in [2.75, 3.05) is 6.61 Å². The average molecular weight is 359 g/mol. The number of carbonyl (C=O) groups excluding carboxylic acids is 1. The third-order valence-electron chi connectivity index (χ3n) is 3.70. The molecule has 2 aromatic heterocycles. The summed E-state index contributed by atoms with van der Waals surface area (Å²) in [5.41, 5.74) is -0.283. The predicted octanol–water partition coefficient (Wildman–Crippen LogP) is 3.15. The van der Waals surface area contributed by atoms with Crippen molar-refractivity contribution in [1.82, 2.24) is 14.3 Å². The van der Waals surface area contributed by atoms with E-state index in [-0.39, 0.29) is 24.8 Å². The number of ether oxygens (including phenoxy) is 1. The molecule has 0 aliphatic rings. The molecule has 0 N–H and O–H groups in total. The number of thiophene rings is 1. The number of carbonyl (C=O) groups is 1. The van der Waals surface area contributed by atoms with Crippen molar-refractivity contribution in [3.05, 3.63) is 40.8 Å². The number of hydrogen-bond donors (Lipinski definition) is 0. The van der Waals surface area contributed by atoms with E-state index in [1.807, 2.05) is 44.2 Å². The van der Waals surface area contributed by atoms with Crippen molar-refractivity contribution < 1.29 is 9.53 Å². The summed E-state index contributed by atoms with van der Waals surface area (Å²) in [4.78, 5) is 25.4. The van der Waals surface area contributed by atoms with Gasteiger partial charge < -0.3 is 4.74 Å². The maximum absolute atomic E-state index is 12.7. The zero-order chi connectivity index (χ0) is 18.0. The number of esters is 1. The highest BCUT2D eigenvalue weighted by Gasteiger charge is 2.19. The molecule has 0 aliphatic carbocycles. The Kier molecular flexibility index (Phi) is 5.03. The van der Waals surface area contributed by atoms with Crippen molar-refractivity contribution in [1.29, 1.82) is 0 Å². The maximum atomic E-state index is 12.7. The summed E-state index contributed by atoms with van der Waals surface area (Å²) in [5, 5.41) is 5.54. The van der Waals surface area contributed by atoms with Crippen molar-refractivity contribution in [3.8, 4) is 10.7 Å². The van der Waals surface area contributed by atoms with Crippen LogP contribution in [0.25, 0.3) is 20.8 Å². The fourth-order valence-corrected chi connectivity index (χ4v) is 3.73. The first-order valence-corrected chi connectivity index (χ1v) is 9.13. The van der Waals surface area contributed by atoms with E-state index in [1.54, 1.807) is 22.8 Å². The lowest BCUT2D eigenvalue weighted by Gasteiger charge is -2.06. The molecule has 0 saturated heterocycles. The number of fused-ring (bicyclic) bond motifs is 1. The Morgan fingerprint density at radius 2 is 2.08 bits per heavy atom. The number of nitrogens with zero attached hydrogens (tertiary/aromatic N) is 3. The van der Waals surface area contributed by atoms with E-state index in [0.717, 1.165) is 15.0 Å². The van der Waals surface area contributed by atoms with Crippen LogP contribution in [0.3, 0.4) is 0 Å². The van der Waals surface area contributed by atoms with Gasteiger partial charge in [-0.25, -0.2) is 9.48 Å². The first kappa shape index (κ1) is 17.4. The Morgan fingerprint density at radius 3 is 2.76 bits per heavy atom. The summed E-state index contributed by atoms with van der Waals surface area (Å²) in [6.07, 6.45) is 0. The van der Waals surface area contributed by atoms with Crippen LogP contribution in [0, 0.1) is 5.92 Å². The zero-order valence-corrected chi connectivity index (χ0v) is 15.4. The van der Waals surface area contributed by atoms with Crippen molar-refractivity contribution in [3.63, 3.8) is 0 Å². The lowest BCUT2D eigenvalue weighted by atomic mass is 10.2. The molecule has 0 bridgehead atoms. The van der Waals surface area contributed by atoms with Crippen LogP contribution in [-0.4, -0.2) is 26.9 Å². The van der Waals surface area contributed by atoms with E-state index in [4.69, 9.17) is 4.74 Å². The molecule has 0 unspecified atom stereocenters. The smallest absolute Gasteiger partial charge is 0.346 e. The quantitative estimate of drug-likeness (QED) is 0.634. The van der Waals surface area contributed by atoms with Gasteiger partial charge in [0.15, 0.2) is 5.82 Å². The molecule has 0 aliphatic heterocycles. The standard InChI is InChI=1S/C18H21N3O3S/c1-4-24-16(22)11-21-18(23)20(10-12(2)3)17(19-21)15-9-13-7-5-6-8-14(13)25-15/h5-9,12H,4,10-11H2,1-3H3. The van der Waals surface area contributed by atoms with Gasteiger partial charge in [0.1, 0.15) is 6.54 Å². The summed E-state index contributed by atoms with van der Waals surface area (Å²) < 4.78 is 8.92. The second kappa shape index (κ2) is 7.23. The molecule has 0 saturated carbocycles.